The van der Waals surface area contributed by atoms with Crippen LogP contribution in [0.1, 0.15) is 45.6 Å². The average Bonchev–Trinajstić information content (AvgIpc) is 2.47. The van der Waals surface area contributed by atoms with Gasteiger partial charge in [-0.3, -0.25) is 4.79 Å². The molecule has 1 aliphatic carbocycles. The number of hydrogen-bond acceptors (Lipinski definition) is 4. The summed E-state index contributed by atoms with van der Waals surface area (Å²) in [6.07, 6.45) is 3.09. The van der Waals surface area contributed by atoms with E-state index in [9.17, 15) is 4.79 Å². The van der Waals surface area contributed by atoms with E-state index < -0.39 is 0 Å². The molecular weight excluding hydrogens is 300 g/mol. The van der Waals surface area contributed by atoms with E-state index in [4.69, 9.17) is 0 Å². The molecule has 0 aliphatic heterocycles. The van der Waals surface area contributed by atoms with Gasteiger partial charge in [0.2, 0.25) is 5.91 Å². The highest BCUT2D eigenvalue weighted by Gasteiger charge is 2.25. The number of aromatic nitrogens is 2. The predicted octanol–water partition coefficient (Wildman–Crippen LogP) is 4.26. The van der Waals surface area contributed by atoms with E-state index in [2.05, 4.69) is 53.7 Å². The Hall–Kier alpha value is -2.43. The van der Waals surface area contributed by atoms with Gasteiger partial charge in [-0.25, -0.2) is 0 Å². The fourth-order valence-corrected chi connectivity index (χ4v) is 2.57. The SMILES string of the molecule is CC(C)(C)c1ccc(Nc2ccc(NC(=O)C3CCC3)nn2)cc1. The van der Waals surface area contributed by atoms with Crippen LogP contribution in [-0.2, 0) is 10.2 Å². The van der Waals surface area contributed by atoms with Crippen molar-refractivity contribution < 1.29 is 4.79 Å². The summed E-state index contributed by atoms with van der Waals surface area (Å²) in [4.78, 5) is 11.9. The lowest BCUT2D eigenvalue weighted by molar-refractivity contribution is -0.122. The summed E-state index contributed by atoms with van der Waals surface area (Å²) in [7, 11) is 0. The highest BCUT2D eigenvalue weighted by Crippen LogP contribution is 2.27. The molecule has 5 nitrogen and oxygen atoms in total. The van der Waals surface area contributed by atoms with Crippen molar-refractivity contribution in [2.45, 2.75) is 45.4 Å². The number of benzene rings is 1. The normalized spacial score (nSPS) is 14.8. The van der Waals surface area contributed by atoms with Crippen LogP contribution >= 0.6 is 0 Å². The van der Waals surface area contributed by atoms with Crippen molar-refractivity contribution in [3.8, 4) is 0 Å². The molecule has 0 bridgehead atoms. The lowest BCUT2D eigenvalue weighted by Gasteiger charge is -2.23. The molecule has 1 aliphatic rings. The second kappa shape index (κ2) is 6.59. The van der Waals surface area contributed by atoms with Crippen LogP contribution in [0.25, 0.3) is 0 Å². The maximum Gasteiger partial charge on any atom is 0.228 e. The Morgan fingerprint density at radius 2 is 1.62 bits per heavy atom. The third-order valence-electron chi connectivity index (χ3n) is 4.42. The summed E-state index contributed by atoms with van der Waals surface area (Å²) in [6, 6.07) is 11.9. The number of amides is 1. The van der Waals surface area contributed by atoms with E-state index in [1.165, 1.54) is 5.56 Å². The van der Waals surface area contributed by atoms with E-state index >= 15 is 0 Å². The highest BCUT2D eigenvalue weighted by molar-refractivity contribution is 5.92. The van der Waals surface area contributed by atoms with Crippen LogP contribution < -0.4 is 10.6 Å². The van der Waals surface area contributed by atoms with Gasteiger partial charge in [-0.05, 0) is 48.1 Å². The third-order valence-corrected chi connectivity index (χ3v) is 4.42. The maximum absolute atomic E-state index is 11.9. The molecule has 1 fully saturated rings. The molecule has 24 heavy (non-hydrogen) atoms. The van der Waals surface area contributed by atoms with Crippen molar-refractivity contribution in [1.29, 1.82) is 0 Å². The van der Waals surface area contributed by atoms with Crippen molar-refractivity contribution in [3.63, 3.8) is 0 Å². The second-order valence-corrected chi connectivity index (χ2v) is 7.37. The third kappa shape index (κ3) is 3.91. The zero-order chi connectivity index (χ0) is 17.2. The quantitative estimate of drug-likeness (QED) is 0.882. The number of anilines is 3. The first kappa shape index (κ1) is 16.4. The fourth-order valence-electron chi connectivity index (χ4n) is 2.57. The largest absolute Gasteiger partial charge is 0.339 e. The molecule has 3 rings (SSSR count). The summed E-state index contributed by atoms with van der Waals surface area (Å²) in [5.74, 6) is 1.35. The van der Waals surface area contributed by atoms with Crippen LogP contribution in [0.4, 0.5) is 17.3 Å². The van der Waals surface area contributed by atoms with Gasteiger partial charge < -0.3 is 10.6 Å². The van der Waals surface area contributed by atoms with Crippen LogP contribution in [0.5, 0.6) is 0 Å². The van der Waals surface area contributed by atoms with Crippen molar-refractivity contribution >= 4 is 23.2 Å². The van der Waals surface area contributed by atoms with E-state index in [-0.39, 0.29) is 17.2 Å². The van der Waals surface area contributed by atoms with Crippen molar-refractivity contribution in [1.82, 2.24) is 10.2 Å². The Balaban J connectivity index is 1.60. The molecule has 5 heteroatoms. The summed E-state index contributed by atoms with van der Waals surface area (Å²) in [5, 5.41) is 14.2. The van der Waals surface area contributed by atoms with E-state index in [1.54, 1.807) is 6.07 Å². The molecule has 0 radical (unpaired) electrons. The molecule has 1 amide bonds. The number of carbonyl (C=O) groups excluding carboxylic acids is 1. The minimum absolute atomic E-state index is 0.0500. The molecule has 0 unspecified atom stereocenters. The second-order valence-electron chi connectivity index (χ2n) is 7.37. The molecular formula is C19H24N4O. The van der Waals surface area contributed by atoms with Gasteiger partial charge in [0.1, 0.15) is 0 Å². The van der Waals surface area contributed by atoms with Crippen LogP contribution in [0, 0.1) is 5.92 Å². The molecule has 0 atom stereocenters. The Kier molecular flexibility index (Phi) is 4.51. The number of rotatable bonds is 4. The summed E-state index contributed by atoms with van der Waals surface area (Å²) in [5.41, 5.74) is 2.38. The first-order valence-corrected chi connectivity index (χ1v) is 8.44. The summed E-state index contributed by atoms with van der Waals surface area (Å²) in [6.45, 7) is 6.58. The fraction of sp³-hybridized carbons (Fsp3) is 0.421. The van der Waals surface area contributed by atoms with E-state index in [1.807, 2.05) is 18.2 Å². The van der Waals surface area contributed by atoms with Crippen molar-refractivity contribution in [3.05, 3.63) is 42.0 Å². The zero-order valence-electron chi connectivity index (χ0n) is 14.5. The average molecular weight is 324 g/mol. The van der Waals surface area contributed by atoms with Gasteiger partial charge in [0.05, 0.1) is 0 Å². The van der Waals surface area contributed by atoms with E-state index in [0.717, 1.165) is 24.9 Å². The lowest BCUT2D eigenvalue weighted by Crippen LogP contribution is -2.28. The van der Waals surface area contributed by atoms with Crippen LogP contribution in [-0.4, -0.2) is 16.1 Å². The zero-order valence-corrected chi connectivity index (χ0v) is 14.5. The van der Waals surface area contributed by atoms with Gasteiger partial charge >= 0.3 is 0 Å². The number of nitrogens with zero attached hydrogens (tertiary/aromatic N) is 2. The maximum atomic E-state index is 11.9. The molecule has 2 aromatic rings. The molecule has 2 N–H and O–H groups in total. The molecule has 1 heterocycles. The summed E-state index contributed by atoms with van der Waals surface area (Å²) >= 11 is 0. The van der Waals surface area contributed by atoms with Crippen molar-refractivity contribution in [2.24, 2.45) is 5.92 Å². The van der Waals surface area contributed by atoms with Crippen LogP contribution in [0.3, 0.4) is 0 Å². The number of hydrogen-bond donors (Lipinski definition) is 2. The monoisotopic (exact) mass is 324 g/mol. The first-order chi connectivity index (χ1) is 11.4. The molecule has 0 spiro atoms. The minimum atomic E-state index is 0.0500. The van der Waals surface area contributed by atoms with Crippen molar-refractivity contribution in [2.75, 3.05) is 10.6 Å². The van der Waals surface area contributed by atoms with Crippen LogP contribution in [0.2, 0.25) is 0 Å². The van der Waals surface area contributed by atoms with E-state index in [0.29, 0.717) is 11.6 Å². The minimum Gasteiger partial charge on any atom is -0.339 e. The van der Waals surface area contributed by atoms with Gasteiger partial charge in [-0.2, -0.15) is 0 Å². The first-order valence-electron chi connectivity index (χ1n) is 8.44. The predicted molar refractivity (Wildman–Crippen MR) is 96.4 cm³/mol. The summed E-state index contributed by atoms with van der Waals surface area (Å²) < 4.78 is 0. The van der Waals surface area contributed by atoms with Gasteiger partial charge in [-0.1, -0.05) is 39.3 Å². The Morgan fingerprint density at radius 1 is 1.00 bits per heavy atom. The van der Waals surface area contributed by atoms with Gasteiger partial charge in [0, 0.05) is 11.6 Å². The highest BCUT2D eigenvalue weighted by atomic mass is 16.2. The van der Waals surface area contributed by atoms with Crippen LogP contribution in [0.15, 0.2) is 36.4 Å². The van der Waals surface area contributed by atoms with Gasteiger partial charge in [0.25, 0.3) is 0 Å². The number of nitrogens with one attached hydrogen (secondary N) is 2. The smallest absolute Gasteiger partial charge is 0.228 e. The molecule has 0 saturated heterocycles. The Morgan fingerprint density at radius 3 is 2.12 bits per heavy atom. The molecule has 126 valence electrons. The van der Waals surface area contributed by atoms with Gasteiger partial charge in [0.15, 0.2) is 11.6 Å². The molecule has 1 saturated carbocycles. The molecule has 1 aromatic carbocycles. The van der Waals surface area contributed by atoms with Gasteiger partial charge in [-0.15, -0.1) is 10.2 Å². The standard InChI is InChI=1S/C19H24N4O/c1-19(2,3)14-7-9-15(10-8-14)20-16-11-12-17(23-22-16)21-18(24)13-5-4-6-13/h7-13H,4-6H2,1-3H3,(H,20,22)(H,21,23,24). The topological polar surface area (TPSA) is 66.9 Å². The lowest BCUT2D eigenvalue weighted by atomic mass is 9.85. The Bertz CT molecular complexity index is 698. The Labute approximate surface area is 142 Å². The molecule has 1 aromatic heterocycles. The number of carbonyl (C=O) groups is 1.